The van der Waals surface area contributed by atoms with Gasteiger partial charge in [0.05, 0.1) is 28.4 Å². The molecule has 0 aromatic heterocycles. The maximum atomic E-state index is 10.9. The molecule has 0 radical (unpaired) electrons. The van der Waals surface area contributed by atoms with Gasteiger partial charge in [0.25, 0.3) is 0 Å². The zero-order valence-electron chi connectivity index (χ0n) is 27.6. The Bertz CT molecular complexity index is 1690. The molecule has 0 spiro atoms. The van der Waals surface area contributed by atoms with Gasteiger partial charge in [-0.15, -0.1) is 0 Å². The lowest BCUT2D eigenvalue weighted by atomic mass is 9.88. The zero-order chi connectivity index (χ0) is 32.4. The molecular formula is C38H44N2O6. The summed E-state index contributed by atoms with van der Waals surface area (Å²) in [6.07, 6.45) is 3.47. The van der Waals surface area contributed by atoms with Crippen molar-refractivity contribution in [1.29, 1.82) is 0 Å². The quantitative estimate of drug-likeness (QED) is 0.208. The fraction of sp³-hybridized carbons (Fsp3) is 0.368. The molecule has 2 heterocycles. The Morgan fingerprint density at radius 2 is 1.09 bits per heavy atom. The van der Waals surface area contributed by atoms with Gasteiger partial charge in [0.15, 0.2) is 34.5 Å². The molecule has 2 aliphatic rings. The second-order valence-corrected chi connectivity index (χ2v) is 12.3. The first-order valence-corrected chi connectivity index (χ1v) is 15.8. The predicted molar refractivity (Wildman–Crippen MR) is 179 cm³/mol. The molecule has 0 saturated heterocycles. The van der Waals surface area contributed by atoms with E-state index in [1.165, 1.54) is 27.8 Å². The molecule has 0 unspecified atom stereocenters. The fourth-order valence-electron chi connectivity index (χ4n) is 6.85. The molecule has 242 valence electrons. The van der Waals surface area contributed by atoms with Crippen molar-refractivity contribution in [1.82, 2.24) is 9.80 Å². The van der Waals surface area contributed by atoms with Crippen LogP contribution in [-0.2, 0) is 25.7 Å². The normalized spacial score (nSPS) is 18.0. The minimum absolute atomic E-state index is 0.0826. The van der Waals surface area contributed by atoms with Gasteiger partial charge in [0.1, 0.15) is 5.75 Å². The minimum atomic E-state index is 0.0826. The van der Waals surface area contributed by atoms with E-state index in [0.29, 0.717) is 17.2 Å². The Hall–Kier alpha value is -4.40. The largest absolute Gasteiger partial charge is 0.504 e. The maximum Gasteiger partial charge on any atom is 0.169 e. The molecule has 4 aromatic rings. The summed E-state index contributed by atoms with van der Waals surface area (Å²) in [5.41, 5.74) is 7.25. The first kappa shape index (κ1) is 31.6. The predicted octanol–water partition coefficient (Wildman–Crippen LogP) is 6.76. The van der Waals surface area contributed by atoms with Crippen molar-refractivity contribution in [2.75, 3.05) is 55.6 Å². The smallest absolute Gasteiger partial charge is 0.169 e. The molecule has 4 aromatic carbocycles. The highest BCUT2D eigenvalue weighted by Gasteiger charge is 2.29. The number of nitrogens with zero attached hydrogens (tertiary/aromatic N) is 2. The van der Waals surface area contributed by atoms with Crippen LogP contribution in [0, 0.1) is 0 Å². The van der Waals surface area contributed by atoms with Crippen LogP contribution in [0.1, 0.15) is 45.5 Å². The third-order valence-electron chi connectivity index (χ3n) is 9.58. The molecule has 0 amide bonds. The molecule has 2 atom stereocenters. The number of aromatic hydroxyl groups is 1. The van der Waals surface area contributed by atoms with Gasteiger partial charge < -0.3 is 28.8 Å². The van der Waals surface area contributed by atoms with Gasteiger partial charge in [0.2, 0.25) is 0 Å². The summed E-state index contributed by atoms with van der Waals surface area (Å²) in [5, 5.41) is 10.9. The topological polar surface area (TPSA) is 72.9 Å². The Morgan fingerprint density at radius 1 is 0.587 bits per heavy atom. The molecule has 0 saturated carbocycles. The van der Waals surface area contributed by atoms with Crippen molar-refractivity contribution < 1.29 is 28.8 Å². The number of hydrogen-bond acceptors (Lipinski definition) is 8. The van der Waals surface area contributed by atoms with Crippen LogP contribution in [0.4, 0.5) is 0 Å². The molecule has 0 bridgehead atoms. The third kappa shape index (κ3) is 6.32. The van der Waals surface area contributed by atoms with Gasteiger partial charge in [-0.2, -0.15) is 0 Å². The number of hydrogen-bond donors (Lipinski definition) is 1. The summed E-state index contributed by atoms with van der Waals surface area (Å²) in [4.78, 5) is 4.76. The fourth-order valence-corrected chi connectivity index (χ4v) is 6.85. The highest BCUT2D eigenvalue weighted by atomic mass is 16.5. The summed E-state index contributed by atoms with van der Waals surface area (Å²) in [5.74, 6) is 4.05. The summed E-state index contributed by atoms with van der Waals surface area (Å²) < 4.78 is 28.9. The summed E-state index contributed by atoms with van der Waals surface area (Å²) in [7, 11) is 11.0. The van der Waals surface area contributed by atoms with Crippen molar-refractivity contribution in [3.8, 4) is 40.2 Å². The van der Waals surface area contributed by atoms with E-state index in [-0.39, 0.29) is 17.8 Å². The number of phenolic OH excluding ortho intramolecular Hbond substituents is 1. The van der Waals surface area contributed by atoms with Crippen LogP contribution in [0.3, 0.4) is 0 Å². The van der Waals surface area contributed by atoms with Gasteiger partial charge in [-0.1, -0.05) is 18.2 Å². The molecule has 8 heteroatoms. The molecule has 1 N–H and O–H groups in total. The monoisotopic (exact) mass is 624 g/mol. The zero-order valence-corrected chi connectivity index (χ0v) is 27.6. The number of fused-ring (bicyclic) bond motifs is 2. The first-order valence-electron chi connectivity index (χ1n) is 15.8. The SMILES string of the molecule is COc1ccc(C[C@H]2c3cc(Oc4cc(C[C@H]5c6cc(OC)c(OC)cc6CCN5C)ccc4O)c(OC)cc3CCN2C)cc1. The Kier molecular flexibility index (Phi) is 9.29. The molecule has 0 fully saturated rings. The first-order chi connectivity index (χ1) is 22.3. The minimum Gasteiger partial charge on any atom is -0.504 e. The lowest BCUT2D eigenvalue weighted by Gasteiger charge is -2.35. The number of ether oxygens (including phenoxy) is 5. The number of likely N-dealkylation sites (N-methyl/N-ethyl adjacent to an activating group) is 2. The van der Waals surface area contributed by atoms with Gasteiger partial charge in [-0.25, -0.2) is 0 Å². The maximum absolute atomic E-state index is 10.9. The molecule has 8 nitrogen and oxygen atoms in total. The summed E-state index contributed by atoms with van der Waals surface area (Å²) in [6.45, 7) is 1.89. The van der Waals surface area contributed by atoms with E-state index < -0.39 is 0 Å². The summed E-state index contributed by atoms with van der Waals surface area (Å²) >= 11 is 0. The van der Waals surface area contributed by atoms with E-state index in [1.807, 2.05) is 24.3 Å². The third-order valence-corrected chi connectivity index (χ3v) is 9.58. The van der Waals surface area contributed by atoms with Gasteiger partial charge >= 0.3 is 0 Å². The van der Waals surface area contributed by atoms with Crippen molar-refractivity contribution in [2.45, 2.75) is 37.8 Å². The lowest BCUT2D eigenvalue weighted by molar-refractivity contribution is 0.227. The number of phenols is 1. The van der Waals surface area contributed by atoms with Crippen LogP contribution in [-0.4, -0.2) is 70.5 Å². The van der Waals surface area contributed by atoms with Crippen LogP contribution in [0.2, 0.25) is 0 Å². The highest BCUT2D eigenvalue weighted by Crippen LogP contribution is 2.44. The van der Waals surface area contributed by atoms with Crippen LogP contribution < -0.4 is 23.7 Å². The van der Waals surface area contributed by atoms with Crippen LogP contribution >= 0.6 is 0 Å². The Morgan fingerprint density at radius 3 is 1.65 bits per heavy atom. The second kappa shape index (κ2) is 13.5. The Balaban J connectivity index is 1.29. The van der Waals surface area contributed by atoms with Crippen molar-refractivity contribution in [3.05, 3.63) is 100 Å². The molecule has 2 aliphatic heterocycles. The van der Waals surface area contributed by atoms with Crippen molar-refractivity contribution in [2.24, 2.45) is 0 Å². The van der Waals surface area contributed by atoms with E-state index >= 15 is 0 Å². The van der Waals surface area contributed by atoms with Gasteiger partial charge in [0, 0.05) is 25.2 Å². The number of methoxy groups -OCH3 is 4. The van der Waals surface area contributed by atoms with Gasteiger partial charge in [-0.3, -0.25) is 9.80 Å². The highest BCUT2D eigenvalue weighted by molar-refractivity contribution is 5.54. The molecule has 0 aliphatic carbocycles. The molecule has 46 heavy (non-hydrogen) atoms. The molecule has 6 rings (SSSR count). The van der Waals surface area contributed by atoms with Crippen LogP contribution in [0.5, 0.6) is 40.2 Å². The lowest BCUT2D eigenvalue weighted by Crippen LogP contribution is -2.33. The average Bonchev–Trinajstić information content (AvgIpc) is 3.08. The number of rotatable bonds is 10. The standard InChI is InChI=1S/C38H44N2O6/c1-39-15-14-27-21-36(44-5)38(23-30(27)31(39)17-24-7-10-28(42-3)11-8-24)46-34-19-25(9-12-33(34)41)18-32-29-22-37(45-6)35(43-4)20-26(29)13-16-40(32)2/h7-12,19-23,31-32,41H,13-18H2,1-6H3/t31-,32-/m0/s1. The number of benzene rings is 4. The van der Waals surface area contributed by atoms with Crippen molar-refractivity contribution >= 4 is 0 Å². The van der Waals surface area contributed by atoms with E-state index in [1.54, 1.807) is 34.5 Å². The summed E-state index contributed by atoms with van der Waals surface area (Å²) in [6, 6.07) is 22.6. The second-order valence-electron chi connectivity index (χ2n) is 12.3. The molecular weight excluding hydrogens is 580 g/mol. The van der Waals surface area contributed by atoms with Crippen molar-refractivity contribution in [3.63, 3.8) is 0 Å². The van der Waals surface area contributed by atoms with Crippen LogP contribution in [0.15, 0.2) is 66.7 Å². The average molecular weight is 625 g/mol. The van der Waals surface area contributed by atoms with E-state index in [2.05, 4.69) is 60.3 Å². The van der Waals surface area contributed by atoms with E-state index in [9.17, 15) is 5.11 Å². The van der Waals surface area contributed by atoms with Crippen LogP contribution in [0.25, 0.3) is 0 Å². The van der Waals surface area contributed by atoms with Gasteiger partial charge in [-0.05, 0) is 122 Å². The van der Waals surface area contributed by atoms with E-state index in [4.69, 9.17) is 23.7 Å². The Labute approximate surface area is 272 Å². The van der Waals surface area contributed by atoms with E-state index in [0.717, 1.165) is 61.6 Å².